The second kappa shape index (κ2) is 9.28. The zero-order valence-electron chi connectivity index (χ0n) is 16.2. The maximum absolute atomic E-state index is 12.4. The molecular formula is C22H25N3O3. The van der Waals surface area contributed by atoms with E-state index < -0.39 is 0 Å². The molecule has 0 saturated carbocycles. The first-order valence-corrected chi connectivity index (χ1v) is 9.33. The highest BCUT2D eigenvalue weighted by Gasteiger charge is 2.38. The molecule has 2 heterocycles. The summed E-state index contributed by atoms with van der Waals surface area (Å²) in [4.78, 5) is 30.8. The van der Waals surface area contributed by atoms with Gasteiger partial charge in [0.15, 0.2) is 0 Å². The van der Waals surface area contributed by atoms with Gasteiger partial charge in [0.25, 0.3) is 5.91 Å². The number of likely N-dealkylation sites (tertiary alicyclic amines) is 1. The average Bonchev–Trinajstić information content (AvgIpc) is 3.10. The molecule has 6 heteroatoms. The van der Waals surface area contributed by atoms with Crippen molar-refractivity contribution in [1.82, 2.24) is 15.2 Å². The maximum atomic E-state index is 12.4. The number of carbonyl (C=O) groups excluding carboxylic acids is 2. The Kier molecular flexibility index (Phi) is 6.55. The quantitative estimate of drug-likeness (QED) is 0.781. The second-order valence-corrected chi connectivity index (χ2v) is 6.99. The van der Waals surface area contributed by atoms with Crippen LogP contribution < -0.4 is 5.32 Å². The predicted octanol–water partition coefficient (Wildman–Crippen LogP) is 2.53. The Bertz CT molecular complexity index is 837. The minimum absolute atomic E-state index is 0.136. The zero-order valence-corrected chi connectivity index (χ0v) is 16.2. The Morgan fingerprint density at radius 2 is 1.96 bits per heavy atom. The van der Waals surface area contributed by atoms with Crippen molar-refractivity contribution in [1.29, 1.82) is 0 Å². The largest absolute Gasteiger partial charge is 0.468 e. The number of amides is 1. The number of hydrogen-bond acceptors (Lipinski definition) is 5. The van der Waals surface area contributed by atoms with Crippen molar-refractivity contribution in [2.45, 2.75) is 25.4 Å². The van der Waals surface area contributed by atoms with E-state index in [-0.39, 0.29) is 24.0 Å². The Morgan fingerprint density at radius 3 is 2.64 bits per heavy atom. The molecule has 0 unspecified atom stereocenters. The number of methoxy groups -OCH3 is 1. The number of hydrogen-bond donors (Lipinski definition) is 1. The van der Waals surface area contributed by atoms with Crippen molar-refractivity contribution >= 4 is 18.0 Å². The van der Waals surface area contributed by atoms with Crippen molar-refractivity contribution < 1.29 is 14.3 Å². The lowest BCUT2D eigenvalue weighted by atomic mass is 10.1. The van der Waals surface area contributed by atoms with Gasteiger partial charge in [0.2, 0.25) is 0 Å². The second-order valence-electron chi connectivity index (χ2n) is 6.99. The van der Waals surface area contributed by atoms with Gasteiger partial charge >= 0.3 is 5.97 Å². The fourth-order valence-electron chi connectivity index (χ4n) is 3.52. The van der Waals surface area contributed by atoms with E-state index in [9.17, 15) is 9.59 Å². The fraction of sp³-hybridized carbons (Fsp3) is 0.318. The highest BCUT2D eigenvalue weighted by Crippen LogP contribution is 2.21. The van der Waals surface area contributed by atoms with E-state index in [1.54, 1.807) is 24.4 Å². The van der Waals surface area contributed by atoms with Gasteiger partial charge in [-0.1, -0.05) is 48.0 Å². The van der Waals surface area contributed by atoms with E-state index in [0.717, 1.165) is 11.1 Å². The minimum atomic E-state index is -0.377. The number of aromatic nitrogens is 1. The fourth-order valence-corrected chi connectivity index (χ4v) is 3.52. The summed E-state index contributed by atoms with van der Waals surface area (Å²) in [5.41, 5.74) is 2.63. The third kappa shape index (κ3) is 5.04. The van der Waals surface area contributed by atoms with E-state index >= 15 is 0 Å². The molecule has 2 atom stereocenters. The molecule has 1 N–H and O–H groups in total. The number of pyridine rings is 1. The molecule has 0 radical (unpaired) electrons. The maximum Gasteiger partial charge on any atom is 0.323 e. The first-order valence-electron chi connectivity index (χ1n) is 9.33. The Hall–Kier alpha value is -2.99. The van der Waals surface area contributed by atoms with Crippen LogP contribution in [-0.2, 0) is 9.53 Å². The van der Waals surface area contributed by atoms with E-state index in [1.807, 2.05) is 37.3 Å². The number of benzene rings is 1. The molecule has 3 rings (SSSR count). The van der Waals surface area contributed by atoms with Gasteiger partial charge in [-0.25, -0.2) is 0 Å². The van der Waals surface area contributed by atoms with Gasteiger partial charge < -0.3 is 10.1 Å². The normalized spacial score (nSPS) is 20.0. The summed E-state index contributed by atoms with van der Waals surface area (Å²) in [5.74, 6) is -0.505. The Morgan fingerprint density at radius 1 is 1.21 bits per heavy atom. The van der Waals surface area contributed by atoms with Crippen LogP contribution in [0, 0.1) is 0 Å². The summed E-state index contributed by atoms with van der Waals surface area (Å²) in [7, 11) is 1.40. The van der Waals surface area contributed by atoms with Crippen molar-refractivity contribution in [3.63, 3.8) is 0 Å². The van der Waals surface area contributed by atoms with E-state index in [1.165, 1.54) is 7.11 Å². The zero-order chi connectivity index (χ0) is 19.9. The highest BCUT2D eigenvalue weighted by molar-refractivity contribution is 5.92. The molecule has 1 aromatic carbocycles. The first kappa shape index (κ1) is 19.8. The van der Waals surface area contributed by atoms with Gasteiger partial charge in [0.1, 0.15) is 11.7 Å². The van der Waals surface area contributed by atoms with Crippen LogP contribution in [0.25, 0.3) is 6.08 Å². The van der Waals surface area contributed by atoms with Crippen LogP contribution in [0.1, 0.15) is 29.4 Å². The first-order chi connectivity index (χ1) is 13.6. The topological polar surface area (TPSA) is 71.5 Å². The van der Waals surface area contributed by atoms with Gasteiger partial charge in [0.05, 0.1) is 7.11 Å². The molecule has 6 nitrogen and oxygen atoms in total. The number of rotatable bonds is 6. The van der Waals surface area contributed by atoms with Crippen LogP contribution in [0.15, 0.2) is 60.3 Å². The Balaban J connectivity index is 1.68. The van der Waals surface area contributed by atoms with Crippen molar-refractivity contribution in [2.24, 2.45) is 0 Å². The SMILES string of the molecule is COC(=O)[C@@H]1C[C@@H](NC(=O)c2ccccn2)CN1CC(C)=Cc1ccccc1. The molecule has 146 valence electrons. The summed E-state index contributed by atoms with van der Waals surface area (Å²) in [5, 5.41) is 2.99. The lowest BCUT2D eigenvalue weighted by Crippen LogP contribution is -2.39. The third-order valence-electron chi connectivity index (χ3n) is 4.77. The molecule has 1 saturated heterocycles. The third-order valence-corrected chi connectivity index (χ3v) is 4.77. The van der Waals surface area contributed by atoms with Crippen molar-refractivity contribution in [3.8, 4) is 0 Å². The number of esters is 1. The predicted molar refractivity (Wildman–Crippen MR) is 108 cm³/mol. The molecule has 1 aliphatic rings. The molecule has 0 spiro atoms. The monoisotopic (exact) mass is 379 g/mol. The lowest BCUT2D eigenvalue weighted by molar-refractivity contribution is -0.145. The number of nitrogens with one attached hydrogen (secondary N) is 1. The molecule has 1 aliphatic heterocycles. The van der Waals surface area contributed by atoms with E-state index in [2.05, 4.69) is 21.3 Å². The van der Waals surface area contributed by atoms with Gasteiger partial charge in [-0.05, 0) is 31.0 Å². The smallest absolute Gasteiger partial charge is 0.323 e. The number of ether oxygens (including phenoxy) is 1. The van der Waals surface area contributed by atoms with Gasteiger partial charge in [-0.15, -0.1) is 0 Å². The van der Waals surface area contributed by atoms with Gasteiger partial charge in [0, 0.05) is 25.3 Å². The average molecular weight is 379 g/mol. The van der Waals surface area contributed by atoms with Gasteiger partial charge in [-0.3, -0.25) is 19.5 Å². The van der Waals surface area contributed by atoms with Crippen LogP contribution in [0.2, 0.25) is 0 Å². The molecule has 1 fully saturated rings. The molecule has 1 amide bonds. The van der Waals surface area contributed by atoms with Gasteiger partial charge in [-0.2, -0.15) is 0 Å². The molecule has 0 bridgehead atoms. The summed E-state index contributed by atoms with van der Waals surface area (Å²) >= 11 is 0. The summed E-state index contributed by atoms with van der Waals surface area (Å²) in [6.07, 6.45) is 4.21. The van der Waals surface area contributed by atoms with Crippen molar-refractivity contribution in [3.05, 3.63) is 71.6 Å². The molecule has 28 heavy (non-hydrogen) atoms. The summed E-state index contributed by atoms with van der Waals surface area (Å²) in [6.45, 7) is 3.25. The number of nitrogens with zero attached hydrogens (tertiary/aromatic N) is 2. The van der Waals surface area contributed by atoms with Crippen LogP contribution in [0.4, 0.5) is 0 Å². The summed E-state index contributed by atoms with van der Waals surface area (Å²) in [6, 6.07) is 14.8. The van der Waals surface area contributed by atoms with E-state index in [4.69, 9.17) is 4.74 Å². The summed E-state index contributed by atoms with van der Waals surface area (Å²) < 4.78 is 4.98. The lowest BCUT2D eigenvalue weighted by Gasteiger charge is -2.22. The Labute approximate surface area is 165 Å². The minimum Gasteiger partial charge on any atom is -0.468 e. The standard InChI is InChI=1S/C22H25N3O3/c1-16(12-17-8-4-3-5-9-17)14-25-15-18(13-20(25)22(27)28-2)24-21(26)19-10-6-7-11-23-19/h3-12,18,20H,13-15H2,1-2H3,(H,24,26)/t18-,20+/m1/s1. The van der Waals surface area contributed by atoms with Crippen molar-refractivity contribution in [2.75, 3.05) is 20.2 Å². The molecular weight excluding hydrogens is 354 g/mol. The highest BCUT2D eigenvalue weighted by atomic mass is 16.5. The van der Waals surface area contributed by atoms with Crippen LogP contribution in [0.3, 0.4) is 0 Å². The van der Waals surface area contributed by atoms with Crippen LogP contribution in [-0.4, -0.2) is 54.0 Å². The van der Waals surface area contributed by atoms with Crippen LogP contribution in [0.5, 0.6) is 0 Å². The van der Waals surface area contributed by atoms with Crippen LogP contribution >= 0.6 is 0 Å². The molecule has 0 aliphatic carbocycles. The molecule has 1 aromatic heterocycles. The molecule has 2 aromatic rings. The number of carbonyl (C=O) groups is 2. The van der Waals surface area contributed by atoms with E-state index in [0.29, 0.717) is 25.2 Å².